The van der Waals surface area contributed by atoms with Gasteiger partial charge in [-0.3, -0.25) is 4.90 Å². The van der Waals surface area contributed by atoms with Crippen LogP contribution in [0.25, 0.3) is 0 Å². The fourth-order valence-electron chi connectivity index (χ4n) is 2.77. The van der Waals surface area contributed by atoms with Crippen LogP contribution in [0.1, 0.15) is 55.1 Å². The summed E-state index contributed by atoms with van der Waals surface area (Å²) in [7, 11) is 0. The lowest BCUT2D eigenvalue weighted by Crippen LogP contribution is -2.34. The Balaban J connectivity index is 2.10. The molecule has 1 N–H and O–H groups in total. The van der Waals surface area contributed by atoms with Crippen molar-refractivity contribution in [2.45, 2.75) is 51.6 Å². The van der Waals surface area contributed by atoms with Gasteiger partial charge in [-0.25, -0.2) is 4.79 Å². The molecule has 0 saturated carbocycles. The van der Waals surface area contributed by atoms with E-state index in [9.17, 15) is 4.79 Å². The number of carboxylic acids is 1. The smallest absolute Gasteiger partial charge is 0.372 e. The van der Waals surface area contributed by atoms with Gasteiger partial charge >= 0.3 is 5.97 Å². The molecule has 0 aliphatic carbocycles. The summed E-state index contributed by atoms with van der Waals surface area (Å²) < 4.78 is 5.04. The van der Waals surface area contributed by atoms with Gasteiger partial charge in [-0.2, -0.15) is 0 Å². The van der Waals surface area contributed by atoms with Crippen molar-refractivity contribution in [3.63, 3.8) is 0 Å². The Kier molecular flexibility index (Phi) is 4.42. The average molecular weight is 251 g/mol. The summed E-state index contributed by atoms with van der Waals surface area (Å²) in [5.41, 5.74) is 0.794. The Morgan fingerprint density at radius 2 is 2.33 bits per heavy atom. The predicted molar refractivity (Wildman–Crippen MR) is 68.6 cm³/mol. The molecule has 0 bridgehead atoms. The van der Waals surface area contributed by atoms with Gasteiger partial charge < -0.3 is 9.52 Å². The highest BCUT2D eigenvalue weighted by atomic mass is 16.4. The lowest BCUT2D eigenvalue weighted by molar-refractivity contribution is 0.0658. The van der Waals surface area contributed by atoms with E-state index in [0.29, 0.717) is 12.6 Å². The van der Waals surface area contributed by atoms with Crippen LogP contribution in [0.4, 0.5) is 0 Å². The van der Waals surface area contributed by atoms with Crippen molar-refractivity contribution in [1.82, 2.24) is 4.90 Å². The van der Waals surface area contributed by atoms with Crippen LogP contribution in [0, 0.1) is 0 Å². The SMILES string of the molecule is CCC1CCCCCN1Cc1ccoc1C(=O)O. The Morgan fingerprint density at radius 3 is 3.06 bits per heavy atom. The lowest BCUT2D eigenvalue weighted by atomic mass is 10.1. The molecule has 0 amide bonds. The zero-order valence-corrected chi connectivity index (χ0v) is 10.9. The number of carbonyl (C=O) groups is 1. The van der Waals surface area contributed by atoms with E-state index < -0.39 is 5.97 Å². The molecular weight excluding hydrogens is 230 g/mol. The summed E-state index contributed by atoms with van der Waals surface area (Å²) in [4.78, 5) is 13.4. The molecule has 0 aromatic carbocycles. The van der Waals surface area contributed by atoms with Crippen molar-refractivity contribution in [2.24, 2.45) is 0 Å². The summed E-state index contributed by atoms with van der Waals surface area (Å²) in [5.74, 6) is -0.882. The normalized spacial score (nSPS) is 21.7. The lowest BCUT2D eigenvalue weighted by Gasteiger charge is -2.28. The number of rotatable bonds is 4. The molecule has 1 aliphatic rings. The highest BCUT2D eigenvalue weighted by molar-refractivity contribution is 5.86. The summed E-state index contributed by atoms with van der Waals surface area (Å²) in [6.45, 7) is 3.95. The van der Waals surface area contributed by atoms with Gasteiger partial charge in [-0.15, -0.1) is 0 Å². The quantitative estimate of drug-likeness (QED) is 0.893. The largest absolute Gasteiger partial charge is 0.475 e. The summed E-state index contributed by atoms with van der Waals surface area (Å²) >= 11 is 0. The number of furan rings is 1. The van der Waals surface area contributed by atoms with Crippen LogP contribution in [-0.4, -0.2) is 28.6 Å². The topological polar surface area (TPSA) is 53.7 Å². The molecule has 1 aromatic heterocycles. The monoisotopic (exact) mass is 251 g/mol. The van der Waals surface area contributed by atoms with E-state index in [-0.39, 0.29) is 5.76 Å². The highest BCUT2D eigenvalue weighted by Gasteiger charge is 2.22. The standard InChI is InChI=1S/C14H21NO3/c1-2-12-6-4-3-5-8-15(12)10-11-7-9-18-13(11)14(16)17/h7,9,12H,2-6,8,10H2,1H3,(H,16,17). The average Bonchev–Trinajstić information content (AvgIpc) is 2.69. The summed E-state index contributed by atoms with van der Waals surface area (Å²) in [6, 6.07) is 2.35. The second-order valence-electron chi connectivity index (χ2n) is 4.96. The van der Waals surface area contributed by atoms with Gasteiger partial charge in [0, 0.05) is 18.2 Å². The first-order chi connectivity index (χ1) is 8.72. The molecule has 2 rings (SSSR count). The van der Waals surface area contributed by atoms with E-state index in [0.717, 1.165) is 18.5 Å². The van der Waals surface area contributed by atoms with Crippen LogP contribution in [-0.2, 0) is 6.54 Å². The molecule has 0 spiro atoms. The fourth-order valence-corrected chi connectivity index (χ4v) is 2.77. The first-order valence-corrected chi connectivity index (χ1v) is 6.76. The molecule has 1 aromatic rings. The minimum absolute atomic E-state index is 0.0918. The molecule has 1 aliphatic heterocycles. The third kappa shape index (κ3) is 2.93. The highest BCUT2D eigenvalue weighted by Crippen LogP contribution is 2.23. The Morgan fingerprint density at radius 1 is 1.50 bits per heavy atom. The maximum atomic E-state index is 11.0. The molecule has 1 fully saturated rings. The van der Waals surface area contributed by atoms with Crippen LogP contribution in [0.3, 0.4) is 0 Å². The molecule has 1 unspecified atom stereocenters. The third-order valence-electron chi connectivity index (χ3n) is 3.78. The first kappa shape index (κ1) is 13.1. The van der Waals surface area contributed by atoms with E-state index >= 15 is 0 Å². The van der Waals surface area contributed by atoms with Crippen molar-refractivity contribution < 1.29 is 14.3 Å². The summed E-state index contributed by atoms with van der Waals surface area (Å²) in [6.07, 6.45) is 7.59. The number of likely N-dealkylation sites (tertiary alicyclic amines) is 1. The van der Waals surface area contributed by atoms with Gasteiger partial charge in [0.2, 0.25) is 5.76 Å². The van der Waals surface area contributed by atoms with Gasteiger partial charge in [-0.1, -0.05) is 19.8 Å². The van der Waals surface area contributed by atoms with Crippen molar-refractivity contribution in [3.8, 4) is 0 Å². The zero-order valence-electron chi connectivity index (χ0n) is 10.9. The van der Waals surface area contributed by atoms with Crippen molar-refractivity contribution in [3.05, 3.63) is 23.7 Å². The molecule has 4 heteroatoms. The Bertz CT molecular complexity index is 399. The van der Waals surface area contributed by atoms with E-state index in [1.807, 2.05) is 0 Å². The van der Waals surface area contributed by atoms with Crippen LogP contribution in [0.15, 0.2) is 16.7 Å². The molecule has 1 saturated heterocycles. The van der Waals surface area contributed by atoms with Crippen molar-refractivity contribution in [1.29, 1.82) is 0 Å². The molecule has 4 nitrogen and oxygen atoms in total. The van der Waals surface area contributed by atoms with E-state index in [2.05, 4.69) is 11.8 Å². The van der Waals surface area contributed by atoms with Crippen LogP contribution >= 0.6 is 0 Å². The number of carboxylic acid groups (broad SMARTS) is 1. The maximum Gasteiger partial charge on any atom is 0.372 e. The third-order valence-corrected chi connectivity index (χ3v) is 3.78. The number of hydrogen-bond donors (Lipinski definition) is 1. The number of nitrogens with zero attached hydrogens (tertiary/aromatic N) is 1. The van der Waals surface area contributed by atoms with Crippen LogP contribution < -0.4 is 0 Å². The first-order valence-electron chi connectivity index (χ1n) is 6.76. The second kappa shape index (κ2) is 6.05. The Hall–Kier alpha value is -1.29. The minimum atomic E-state index is -0.974. The summed E-state index contributed by atoms with van der Waals surface area (Å²) in [5, 5.41) is 9.05. The molecule has 100 valence electrons. The van der Waals surface area contributed by atoms with Gasteiger partial charge in [0.15, 0.2) is 0 Å². The van der Waals surface area contributed by atoms with Crippen molar-refractivity contribution >= 4 is 5.97 Å². The second-order valence-corrected chi connectivity index (χ2v) is 4.96. The number of hydrogen-bond acceptors (Lipinski definition) is 3. The maximum absolute atomic E-state index is 11.0. The molecule has 1 atom stereocenters. The van der Waals surface area contributed by atoms with Gasteiger partial charge in [0.1, 0.15) is 0 Å². The molecule has 2 heterocycles. The zero-order chi connectivity index (χ0) is 13.0. The van der Waals surface area contributed by atoms with Gasteiger partial charge in [-0.05, 0) is 31.9 Å². The molecular formula is C14H21NO3. The van der Waals surface area contributed by atoms with Crippen molar-refractivity contribution in [2.75, 3.05) is 6.54 Å². The van der Waals surface area contributed by atoms with E-state index in [1.54, 1.807) is 6.07 Å². The Labute approximate surface area is 108 Å². The molecule has 18 heavy (non-hydrogen) atoms. The van der Waals surface area contributed by atoms with Gasteiger partial charge in [0.05, 0.1) is 6.26 Å². The van der Waals surface area contributed by atoms with Gasteiger partial charge in [0.25, 0.3) is 0 Å². The van der Waals surface area contributed by atoms with Crippen LogP contribution in [0.5, 0.6) is 0 Å². The number of aromatic carboxylic acids is 1. The van der Waals surface area contributed by atoms with E-state index in [1.165, 1.54) is 31.9 Å². The fraction of sp³-hybridized carbons (Fsp3) is 0.643. The van der Waals surface area contributed by atoms with Crippen LogP contribution in [0.2, 0.25) is 0 Å². The van der Waals surface area contributed by atoms with E-state index in [4.69, 9.17) is 9.52 Å². The molecule has 0 radical (unpaired) electrons. The minimum Gasteiger partial charge on any atom is -0.475 e. The predicted octanol–water partition coefficient (Wildman–Crippen LogP) is 3.13.